The summed E-state index contributed by atoms with van der Waals surface area (Å²) >= 11 is 0. The summed E-state index contributed by atoms with van der Waals surface area (Å²) in [6.07, 6.45) is 4.62. The third-order valence-electron chi connectivity index (χ3n) is 4.65. The van der Waals surface area contributed by atoms with Crippen molar-refractivity contribution >= 4 is 11.7 Å². The van der Waals surface area contributed by atoms with E-state index in [0.717, 1.165) is 18.5 Å². The van der Waals surface area contributed by atoms with Crippen LogP contribution in [-0.2, 0) is 12.0 Å². The van der Waals surface area contributed by atoms with Crippen LogP contribution < -0.4 is 10.6 Å². The van der Waals surface area contributed by atoms with Crippen LogP contribution >= 0.6 is 0 Å². The zero-order valence-corrected chi connectivity index (χ0v) is 15.1. The van der Waals surface area contributed by atoms with Crippen molar-refractivity contribution in [2.75, 3.05) is 5.32 Å². The predicted octanol–water partition coefficient (Wildman–Crippen LogP) is 3.41. The van der Waals surface area contributed by atoms with E-state index in [1.54, 1.807) is 0 Å². The van der Waals surface area contributed by atoms with Crippen LogP contribution in [0.1, 0.15) is 63.9 Å². The summed E-state index contributed by atoms with van der Waals surface area (Å²) in [4.78, 5) is 12.1. The molecular formula is C18H26N6O. The minimum absolute atomic E-state index is 0.0953. The molecule has 1 saturated carbocycles. The number of benzene rings is 1. The minimum atomic E-state index is -0.260. The maximum Gasteiger partial charge on any atom is 0.319 e. The molecule has 0 saturated heterocycles. The lowest BCUT2D eigenvalue weighted by Gasteiger charge is -2.19. The van der Waals surface area contributed by atoms with E-state index >= 15 is 0 Å². The van der Waals surface area contributed by atoms with Gasteiger partial charge in [-0.3, -0.25) is 0 Å². The number of hydrogen-bond acceptors (Lipinski definition) is 4. The molecule has 7 heteroatoms. The summed E-state index contributed by atoms with van der Waals surface area (Å²) in [6, 6.07) is 8.02. The van der Waals surface area contributed by atoms with Gasteiger partial charge >= 0.3 is 6.03 Å². The van der Waals surface area contributed by atoms with Crippen molar-refractivity contribution in [2.45, 2.75) is 64.5 Å². The average Bonchev–Trinajstić information content (AvgIpc) is 3.23. The lowest BCUT2D eigenvalue weighted by atomic mass is 9.87. The number of nitrogens with one attached hydrogen (secondary N) is 2. The summed E-state index contributed by atoms with van der Waals surface area (Å²) in [5, 5.41) is 17.5. The topological polar surface area (TPSA) is 84.7 Å². The van der Waals surface area contributed by atoms with Crippen LogP contribution in [-0.4, -0.2) is 26.2 Å². The van der Waals surface area contributed by atoms with E-state index in [1.807, 2.05) is 28.9 Å². The van der Waals surface area contributed by atoms with Gasteiger partial charge in [-0.1, -0.05) is 45.7 Å². The minimum Gasteiger partial charge on any atom is -0.331 e. The van der Waals surface area contributed by atoms with E-state index < -0.39 is 0 Å². The Morgan fingerprint density at radius 3 is 2.52 bits per heavy atom. The number of hydrogen-bond donors (Lipinski definition) is 2. The lowest BCUT2D eigenvalue weighted by Crippen LogP contribution is -2.30. The van der Waals surface area contributed by atoms with Crippen LogP contribution in [0.2, 0.25) is 0 Å². The Hall–Kier alpha value is -2.44. The molecule has 1 aromatic heterocycles. The van der Waals surface area contributed by atoms with Crippen LogP contribution in [0.3, 0.4) is 0 Å². The Morgan fingerprint density at radius 2 is 1.88 bits per heavy atom. The largest absolute Gasteiger partial charge is 0.331 e. The Bertz CT molecular complexity index is 710. The first-order chi connectivity index (χ1) is 11.9. The van der Waals surface area contributed by atoms with Crippen LogP contribution in [0.25, 0.3) is 0 Å². The highest BCUT2D eigenvalue weighted by atomic mass is 16.2. The molecule has 0 bridgehead atoms. The van der Waals surface area contributed by atoms with E-state index in [1.165, 1.54) is 18.4 Å². The van der Waals surface area contributed by atoms with Gasteiger partial charge in [-0.2, -0.15) is 0 Å². The second-order valence-corrected chi connectivity index (χ2v) is 7.61. The Kier molecular flexibility index (Phi) is 5.01. The molecule has 134 valence electrons. The molecule has 3 rings (SSSR count). The van der Waals surface area contributed by atoms with Crippen molar-refractivity contribution in [3.8, 4) is 0 Å². The van der Waals surface area contributed by atoms with Gasteiger partial charge in [0.1, 0.15) is 0 Å². The fraction of sp³-hybridized carbons (Fsp3) is 0.556. The Morgan fingerprint density at radius 1 is 1.20 bits per heavy atom. The van der Waals surface area contributed by atoms with Crippen LogP contribution in [0.4, 0.5) is 10.5 Å². The Balaban J connectivity index is 1.54. The second kappa shape index (κ2) is 7.21. The molecule has 2 amide bonds. The summed E-state index contributed by atoms with van der Waals surface area (Å²) in [5.74, 6) is 0.699. The average molecular weight is 342 g/mol. The quantitative estimate of drug-likeness (QED) is 0.892. The van der Waals surface area contributed by atoms with Crippen molar-refractivity contribution in [1.29, 1.82) is 0 Å². The lowest BCUT2D eigenvalue weighted by molar-refractivity contribution is 0.251. The number of aromatic nitrogens is 4. The molecule has 0 aliphatic heterocycles. The van der Waals surface area contributed by atoms with Crippen LogP contribution in [0.15, 0.2) is 24.3 Å². The molecular weight excluding hydrogens is 316 g/mol. The second-order valence-electron chi connectivity index (χ2n) is 7.61. The normalized spacial score (nSPS) is 15.3. The number of tetrazole rings is 1. The van der Waals surface area contributed by atoms with Gasteiger partial charge < -0.3 is 10.6 Å². The van der Waals surface area contributed by atoms with Crippen molar-refractivity contribution in [3.05, 3.63) is 35.7 Å². The highest BCUT2D eigenvalue weighted by molar-refractivity contribution is 5.89. The van der Waals surface area contributed by atoms with Crippen molar-refractivity contribution in [3.63, 3.8) is 0 Å². The number of carbonyl (C=O) groups excluding carboxylic acids is 1. The molecule has 2 N–H and O–H groups in total. The fourth-order valence-corrected chi connectivity index (χ4v) is 3.15. The van der Waals surface area contributed by atoms with E-state index in [-0.39, 0.29) is 11.4 Å². The first kappa shape index (κ1) is 17.4. The molecule has 1 fully saturated rings. The highest BCUT2D eigenvalue weighted by Gasteiger charge is 2.21. The number of rotatable bonds is 4. The van der Waals surface area contributed by atoms with Gasteiger partial charge in [0, 0.05) is 5.69 Å². The number of anilines is 1. The summed E-state index contributed by atoms with van der Waals surface area (Å²) < 4.78 is 1.85. The summed E-state index contributed by atoms with van der Waals surface area (Å²) in [5.41, 5.74) is 2.09. The number of amides is 2. The third kappa shape index (κ3) is 4.35. The number of nitrogens with zero attached hydrogens (tertiary/aromatic N) is 4. The molecule has 1 aliphatic carbocycles. The molecule has 1 aromatic carbocycles. The summed E-state index contributed by atoms with van der Waals surface area (Å²) in [6.45, 7) is 6.80. The molecule has 0 unspecified atom stereocenters. The van der Waals surface area contributed by atoms with E-state index in [0.29, 0.717) is 18.4 Å². The van der Waals surface area contributed by atoms with E-state index in [9.17, 15) is 4.79 Å². The maximum atomic E-state index is 12.1. The molecule has 0 radical (unpaired) electrons. The number of carbonyl (C=O) groups is 1. The maximum absolute atomic E-state index is 12.1. The first-order valence-corrected chi connectivity index (χ1v) is 8.85. The predicted molar refractivity (Wildman–Crippen MR) is 96.3 cm³/mol. The van der Waals surface area contributed by atoms with E-state index in [2.05, 4.69) is 46.9 Å². The highest BCUT2D eigenvalue weighted by Crippen LogP contribution is 2.29. The molecule has 2 aromatic rings. The zero-order valence-electron chi connectivity index (χ0n) is 15.1. The molecule has 25 heavy (non-hydrogen) atoms. The molecule has 1 aliphatic rings. The van der Waals surface area contributed by atoms with Gasteiger partial charge in [0.25, 0.3) is 0 Å². The molecule has 0 atom stereocenters. The van der Waals surface area contributed by atoms with Gasteiger partial charge in [0.15, 0.2) is 5.82 Å². The monoisotopic (exact) mass is 342 g/mol. The van der Waals surface area contributed by atoms with Crippen LogP contribution in [0.5, 0.6) is 0 Å². The first-order valence-electron chi connectivity index (χ1n) is 8.85. The van der Waals surface area contributed by atoms with Crippen molar-refractivity contribution < 1.29 is 4.79 Å². The van der Waals surface area contributed by atoms with Crippen molar-refractivity contribution in [2.24, 2.45) is 0 Å². The van der Waals surface area contributed by atoms with Gasteiger partial charge in [-0.25, -0.2) is 9.48 Å². The SMILES string of the molecule is CC(C)(C)c1ccc(NC(=O)NCc2nnnn2C2CCCC2)cc1. The Labute approximate surface area is 148 Å². The molecule has 1 heterocycles. The standard InChI is InChI=1S/C18H26N6O/c1-18(2,3)13-8-10-14(11-9-13)20-17(25)19-12-16-21-22-23-24(16)15-6-4-5-7-15/h8-11,15H,4-7,12H2,1-3H3,(H2,19,20,25). The summed E-state index contributed by atoms with van der Waals surface area (Å²) in [7, 11) is 0. The van der Waals surface area contributed by atoms with Gasteiger partial charge in [-0.15, -0.1) is 5.10 Å². The fourth-order valence-electron chi connectivity index (χ4n) is 3.15. The zero-order chi connectivity index (χ0) is 17.9. The third-order valence-corrected chi connectivity index (χ3v) is 4.65. The molecule has 0 spiro atoms. The number of urea groups is 1. The van der Waals surface area contributed by atoms with Crippen LogP contribution in [0, 0.1) is 0 Å². The van der Waals surface area contributed by atoms with Gasteiger partial charge in [-0.05, 0) is 46.4 Å². The van der Waals surface area contributed by atoms with Crippen molar-refractivity contribution in [1.82, 2.24) is 25.5 Å². The van der Waals surface area contributed by atoms with Gasteiger partial charge in [0.05, 0.1) is 12.6 Å². The van der Waals surface area contributed by atoms with E-state index in [4.69, 9.17) is 0 Å². The molecule has 7 nitrogen and oxygen atoms in total. The van der Waals surface area contributed by atoms with Gasteiger partial charge in [0.2, 0.25) is 0 Å². The smallest absolute Gasteiger partial charge is 0.319 e.